The molecule has 1 N–H and O–H groups in total. The van der Waals surface area contributed by atoms with E-state index in [4.69, 9.17) is 0 Å². The number of thiophene rings is 1. The van der Waals surface area contributed by atoms with Gasteiger partial charge in [-0.15, -0.1) is 0 Å². The summed E-state index contributed by atoms with van der Waals surface area (Å²) in [5.74, 6) is 0. The minimum Gasteiger partial charge on any atom is -0.388 e. The number of hydrogen-bond donors (Lipinski definition) is 1. The van der Waals surface area contributed by atoms with E-state index in [0.29, 0.717) is 12.0 Å². The molecule has 2 rings (SSSR count). The lowest BCUT2D eigenvalue weighted by Gasteiger charge is -2.11. The largest absolute Gasteiger partial charge is 0.388 e. The molecule has 0 spiro atoms. The van der Waals surface area contributed by atoms with E-state index < -0.39 is 12.5 Å². The van der Waals surface area contributed by atoms with Crippen molar-refractivity contribution in [2.75, 3.05) is 0 Å². The van der Waals surface area contributed by atoms with Gasteiger partial charge in [0.1, 0.15) is 0 Å². The molecule has 0 aliphatic rings. The Morgan fingerprint density at radius 2 is 1.94 bits per heavy atom. The normalized spacial score (nSPS) is 12.9. The summed E-state index contributed by atoms with van der Waals surface area (Å²) in [6.45, 7) is 0. The SMILES string of the molecule is OC(CCc1ccsc1)c1cccc(C(F)F)c1. The van der Waals surface area contributed by atoms with Gasteiger partial charge in [-0.1, -0.05) is 18.2 Å². The zero-order valence-corrected chi connectivity index (χ0v) is 10.5. The molecule has 0 fully saturated rings. The number of rotatable bonds is 5. The maximum atomic E-state index is 12.5. The summed E-state index contributed by atoms with van der Waals surface area (Å²) >= 11 is 1.61. The standard InChI is InChI=1S/C14H14F2OS/c15-14(16)12-3-1-2-11(8-12)13(17)5-4-10-6-7-18-9-10/h1-3,6-9,13-14,17H,4-5H2. The van der Waals surface area contributed by atoms with Crippen molar-refractivity contribution >= 4 is 11.3 Å². The molecule has 1 heterocycles. The number of aryl methyl sites for hydroxylation is 1. The van der Waals surface area contributed by atoms with Crippen molar-refractivity contribution in [2.45, 2.75) is 25.4 Å². The Bertz CT molecular complexity index is 482. The highest BCUT2D eigenvalue weighted by Crippen LogP contribution is 2.25. The van der Waals surface area contributed by atoms with Crippen LogP contribution in [0.2, 0.25) is 0 Å². The molecule has 1 aromatic carbocycles. The van der Waals surface area contributed by atoms with Crippen LogP contribution in [0.25, 0.3) is 0 Å². The lowest BCUT2D eigenvalue weighted by molar-refractivity contribution is 0.149. The Kier molecular flexibility index (Phi) is 4.44. The highest BCUT2D eigenvalue weighted by molar-refractivity contribution is 7.07. The molecular formula is C14H14F2OS. The van der Waals surface area contributed by atoms with Gasteiger partial charge in [-0.25, -0.2) is 8.78 Å². The van der Waals surface area contributed by atoms with Crippen molar-refractivity contribution in [1.82, 2.24) is 0 Å². The quantitative estimate of drug-likeness (QED) is 0.854. The van der Waals surface area contributed by atoms with E-state index in [2.05, 4.69) is 0 Å². The molecule has 18 heavy (non-hydrogen) atoms. The molecule has 0 saturated heterocycles. The Morgan fingerprint density at radius 3 is 2.61 bits per heavy atom. The number of alkyl halides is 2. The summed E-state index contributed by atoms with van der Waals surface area (Å²) in [4.78, 5) is 0. The monoisotopic (exact) mass is 268 g/mol. The van der Waals surface area contributed by atoms with Crippen LogP contribution in [0.15, 0.2) is 41.1 Å². The molecule has 4 heteroatoms. The zero-order valence-electron chi connectivity index (χ0n) is 9.72. The van der Waals surface area contributed by atoms with Crippen molar-refractivity contribution in [3.8, 4) is 0 Å². The summed E-state index contributed by atoms with van der Waals surface area (Å²) < 4.78 is 25.1. The van der Waals surface area contributed by atoms with Crippen LogP contribution in [0.1, 0.15) is 35.6 Å². The minimum atomic E-state index is -2.49. The predicted octanol–water partition coefficient (Wildman–Crippen LogP) is 4.35. The van der Waals surface area contributed by atoms with Crippen LogP contribution in [-0.2, 0) is 6.42 Å². The van der Waals surface area contributed by atoms with Gasteiger partial charge in [-0.05, 0) is 46.9 Å². The van der Waals surface area contributed by atoms with Gasteiger partial charge in [0.25, 0.3) is 6.43 Å². The Balaban J connectivity index is 1.99. The summed E-state index contributed by atoms with van der Waals surface area (Å²) in [5, 5.41) is 14.0. The number of hydrogen-bond acceptors (Lipinski definition) is 2. The van der Waals surface area contributed by atoms with Crippen LogP contribution in [0, 0.1) is 0 Å². The maximum absolute atomic E-state index is 12.5. The van der Waals surface area contributed by atoms with Gasteiger partial charge in [-0.2, -0.15) is 11.3 Å². The van der Waals surface area contributed by atoms with Crippen molar-refractivity contribution in [3.05, 3.63) is 57.8 Å². The summed E-state index contributed by atoms with van der Waals surface area (Å²) in [6, 6.07) is 8.00. The maximum Gasteiger partial charge on any atom is 0.263 e. The highest BCUT2D eigenvalue weighted by Gasteiger charge is 2.12. The third-order valence-electron chi connectivity index (χ3n) is 2.83. The molecule has 0 aliphatic heterocycles. The number of aliphatic hydroxyl groups excluding tert-OH is 1. The fourth-order valence-electron chi connectivity index (χ4n) is 1.81. The molecule has 0 radical (unpaired) electrons. The summed E-state index contributed by atoms with van der Waals surface area (Å²) in [6.07, 6.45) is -1.88. The Labute approximate surface area is 109 Å². The van der Waals surface area contributed by atoms with Crippen molar-refractivity contribution in [1.29, 1.82) is 0 Å². The summed E-state index contributed by atoms with van der Waals surface area (Å²) in [7, 11) is 0. The predicted molar refractivity (Wildman–Crippen MR) is 69.0 cm³/mol. The van der Waals surface area contributed by atoms with Gasteiger partial charge in [-0.3, -0.25) is 0 Å². The van der Waals surface area contributed by atoms with E-state index >= 15 is 0 Å². The lowest BCUT2D eigenvalue weighted by atomic mass is 10.0. The van der Waals surface area contributed by atoms with E-state index in [1.807, 2.05) is 16.8 Å². The minimum absolute atomic E-state index is 0.0397. The molecule has 0 bridgehead atoms. The second-order valence-electron chi connectivity index (χ2n) is 4.16. The van der Waals surface area contributed by atoms with Gasteiger partial charge in [0, 0.05) is 5.56 Å². The first kappa shape index (κ1) is 13.2. The molecule has 0 amide bonds. The van der Waals surface area contributed by atoms with Crippen molar-refractivity contribution in [2.24, 2.45) is 0 Å². The van der Waals surface area contributed by atoms with E-state index in [-0.39, 0.29) is 5.56 Å². The summed E-state index contributed by atoms with van der Waals surface area (Å²) in [5.41, 5.74) is 1.69. The van der Waals surface area contributed by atoms with Crippen molar-refractivity contribution < 1.29 is 13.9 Å². The van der Waals surface area contributed by atoms with Crippen LogP contribution in [0.5, 0.6) is 0 Å². The molecule has 2 aromatic rings. The first-order valence-electron chi connectivity index (χ1n) is 5.74. The zero-order chi connectivity index (χ0) is 13.0. The third-order valence-corrected chi connectivity index (χ3v) is 3.57. The lowest BCUT2D eigenvalue weighted by Crippen LogP contribution is -2.00. The fraction of sp³-hybridized carbons (Fsp3) is 0.286. The molecule has 1 nitrogen and oxygen atoms in total. The molecular weight excluding hydrogens is 254 g/mol. The molecule has 1 unspecified atom stereocenters. The molecule has 1 aromatic heterocycles. The van der Waals surface area contributed by atoms with Crippen LogP contribution < -0.4 is 0 Å². The van der Waals surface area contributed by atoms with E-state index in [1.165, 1.54) is 17.7 Å². The molecule has 96 valence electrons. The topological polar surface area (TPSA) is 20.2 Å². The van der Waals surface area contributed by atoms with Gasteiger partial charge in [0.2, 0.25) is 0 Å². The third kappa shape index (κ3) is 3.37. The number of benzene rings is 1. The Morgan fingerprint density at radius 1 is 1.17 bits per heavy atom. The number of halogens is 2. The van der Waals surface area contributed by atoms with Crippen LogP contribution in [0.3, 0.4) is 0 Å². The number of aliphatic hydroxyl groups is 1. The molecule has 1 atom stereocenters. The average Bonchev–Trinajstić information content (AvgIpc) is 2.89. The van der Waals surface area contributed by atoms with Crippen molar-refractivity contribution in [3.63, 3.8) is 0 Å². The first-order valence-corrected chi connectivity index (χ1v) is 6.68. The first-order chi connectivity index (χ1) is 8.66. The second kappa shape index (κ2) is 6.07. The van der Waals surface area contributed by atoms with E-state index in [1.54, 1.807) is 23.5 Å². The smallest absolute Gasteiger partial charge is 0.263 e. The van der Waals surface area contributed by atoms with Gasteiger partial charge >= 0.3 is 0 Å². The van der Waals surface area contributed by atoms with Gasteiger partial charge < -0.3 is 5.11 Å². The van der Waals surface area contributed by atoms with Crippen LogP contribution in [0.4, 0.5) is 8.78 Å². The van der Waals surface area contributed by atoms with Gasteiger partial charge in [0.15, 0.2) is 0 Å². The molecule has 0 aliphatic carbocycles. The second-order valence-corrected chi connectivity index (χ2v) is 4.94. The van der Waals surface area contributed by atoms with Crippen LogP contribution >= 0.6 is 11.3 Å². The van der Waals surface area contributed by atoms with E-state index in [9.17, 15) is 13.9 Å². The highest BCUT2D eigenvalue weighted by atomic mass is 32.1. The van der Waals surface area contributed by atoms with Gasteiger partial charge in [0.05, 0.1) is 6.10 Å². The molecule has 0 saturated carbocycles. The Hall–Kier alpha value is -1.26. The van der Waals surface area contributed by atoms with Crippen LogP contribution in [-0.4, -0.2) is 5.11 Å². The fourth-order valence-corrected chi connectivity index (χ4v) is 2.51. The average molecular weight is 268 g/mol. The van der Waals surface area contributed by atoms with E-state index in [0.717, 1.165) is 6.42 Å².